The van der Waals surface area contributed by atoms with Gasteiger partial charge in [0.1, 0.15) is 0 Å². The third kappa shape index (κ3) is 10.3. The van der Waals surface area contributed by atoms with Crippen molar-refractivity contribution in [1.29, 1.82) is 0 Å². The highest BCUT2D eigenvalue weighted by Gasteiger charge is 2.10. The smallest absolute Gasteiger partial charge is 0.308 e. The molecule has 0 aromatic carbocycles. The molecule has 1 atom stereocenters. The van der Waals surface area contributed by atoms with E-state index in [0.717, 1.165) is 18.8 Å². The van der Waals surface area contributed by atoms with Crippen molar-refractivity contribution < 1.29 is 9.53 Å². The zero-order chi connectivity index (χ0) is 13.1. The summed E-state index contributed by atoms with van der Waals surface area (Å²) in [5.74, 6) is 0.847. The number of esters is 1. The molecule has 0 saturated heterocycles. The summed E-state index contributed by atoms with van der Waals surface area (Å²) in [6, 6.07) is 0. The van der Waals surface area contributed by atoms with E-state index in [1.54, 1.807) is 0 Å². The van der Waals surface area contributed by atoms with E-state index in [-0.39, 0.29) is 11.9 Å². The predicted molar refractivity (Wildman–Crippen MR) is 73.0 cm³/mol. The Labute approximate surface area is 107 Å². The maximum atomic E-state index is 11.4. The van der Waals surface area contributed by atoms with Crippen LogP contribution in [0.15, 0.2) is 0 Å². The van der Waals surface area contributed by atoms with Crippen molar-refractivity contribution in [2.45, 2.75) is 72.6 Å². The number of unbranched alkanes of at least 4 members (excludes halogenated alkanes) is 4. The Morgan fingerprint density at radius 3 is 2.18 bits per heavy atom. The number of hydrogen-bond donors (Lipinski definition) is 0. The van der Waals surface area contributed by atoms with Gasteiger partial charge in [0.15, 0.2) is 0 Å². The van der Waals surface area contributed by atoms with Gasteiger partial charge in [-0.1, -0.05) is 59.8 Å². The SMILES string of the molecule is CCC(C)C(=O)OCCCCCCCC(C)C. The van der Waals surface area contributed by atoms with E-state index in [2.05, 4.69) is 13.8 Å². The van der Waals surface area contributed by atoms with Crippen LogP contribution in [0.1, 0.15) is 72.6 Å². The molecule has 0 aliphatic carbocycles. The van der Waals surface area contributed by atoms with Crippen molar-refractivity contribution in [3.63, 3.8) is 0 Å². The highest BCUT2D eigenvalue weighted by molar-refractivity contribution is 5.71. The highest BCUT2D eigenvalue weighted by Crippen LogP contribution is 2.11. The van der Waals surface area contributed by atoms with Gasteiger partial charge in [0.05, 0.1) is 12.5 Å². The van der Waals surface area contributed by atoms with Crippen LogP contribution in [-0.4, -0.2) is 12.6 Å². The molecule has 0 bridgehead atoms. The third-order valence-electron chi connectivity index (χ3n) is 3.18. The van der Waals surface area contributed by atoms with Crippen LogP contribution >= 0.6 is 0 Å². The molecule has 2 nitrogen and oxygen atoms in total. The topological polar surface area (TPSA) is 26.3 Å². The number of carbonyl (C=O) groups excluding carboxylic acids is 1. The van der Waals surface area contributed by atoms with E-state index in [9.17, 15) is 4.79 Å². The second-order valence-electron chi connectivity index (χ2n) is 5.43. The van der Waals surface area contributed by atoms with Crippen LogP contribution in [0, 0.1) is 11.8 Å². The zero-order valence-electron chi connectivity index (χ0n) is 12.1. The first-order chi connectivity index (χ1) is 8.07. The van der Waals surface area contributed by atoms with Crippen LogP contribution in [0.4, 0.5) is 0 Å². The second kappa shape index (κ2) is 10.6. The molecule has 1 unspecified atom stereocenters. The van der Waals surface area contributed by atoms with Crippen molar-refractivity contribution in [1.82, 2.24) is 0 Å². The maximum absolute atomic E-state index is 11.4. The quantitative estimate of drug-likeness (QED) is 0.414. The Morgan fingerprint density at radius 2 is 1.59 bits per heavy atom. The second-order valence-corrected chi connectivity index (χ2v) is 5.43. The molecular formula is C15H30O2. The van der Waals surface area contributed by atoms with Gasteiger partial charge in [0.25, 0.3) is 0 Å². The summed E-state index contributed by atoms with van der Waals surface area (Å²) in [6.07, 6.45) is 8.34. The Balaban J connectivity index is 3.21. The van der Waals surface area contributed by atoms with E-state index < -0.39 is 0 Å². The summed E-state index contributed by atoms with van der Waals surface area (Å²) in [4.78, 5) is 11.4. The molecular weight excluding hydrogens is 212 g/mol. The molecule has 0 spiro atoms. The number of carbonyl (C=O) groups is 1. The molecule has 0 saturated carbocycles. The fourth-order valence-electron chi connectivity index (χ4n) is 1.67. The van der Waals surface area contributed by atoms with Crippen molar-refractivity contribution in [3.8, 4) is 0 Å². The Morgan fingerprint density at radius 1 is 1.00 bits per heavy atom. The fourth-order valence-corrected chi connectivity index (χ4v) is 1.67. The predicted octanol–water partition coefficient (Wildman–Crippen LogP) is 4.57. The van der Waals surface area contributed by atoms with Gasteiger partial charge in [-0.3, -0.25) is 4.79 Å². The molecule has 0 heterocycles. The highest BCUT2D eigenvalue weighted by atomic mass is 16.5. The van der Waals surface area contributed by atoms with Crippen molar-refractivity contribution in [2.24, 2.45) is 11.8 Å². The molecule has 0 amide bonds. The third-order valence-corrected chi connectivity index (χ3v) is 3.18. The lowest BCUT2D eigenvalue weighted by atomic mass is 10.0. The zero-order valence-corrected chi connectivity index (χ0v) is 12.1. The number of ether oxygens (including phenoxy) is 1. The Bertz CT molecular complexity index is 187. The van der Waals surface area contributed by atoms with Gasteiger partial charge in [-0.15, -0.1) is 0 Å². The summed E-state index contributed by atoms with van der Waals surface area (Å²) >= 11 is 0. The van der Waals surface area contributed by atoms with Crippen LogP contribution in [0.2, 0.25) is 0 Å². The van der Waals surface area contributed by atoms with E-state index in [1.165, 1.54) is 32.1 Å². The van der Waals surface area contributed by atoms with Crippen LogP contribution in [0.25, 0.3) is 0 Å². The minimum absolute atomic E-state index is 0.0349. The first kappa shape index (κ1) is 16.5. The Hall–Kier alpha value is -0.530. The van der Waals surface area contributed by atoms with Gasteiger partial charge in [0.2, 0.25) is 0 Å². The van der Waals surface area contributed by atoms with Gasteiger partial charge in [-0.25, -0.2) is 0 Å². The van der Waals surface area contributed by atoms with Gasteiger partial charge < -0.3 is 4.74 Å². The van der Waals surface area contributed by atoms with Crippen LogP contribution in [-0.2, 0) is 9.53 Å². The normalized spacial score (nSPS) is 12.8. The number of rotatable bonds is 10. The average Bonchev–Trinajstić information content (AvgIpc) is 2.30. The van der Waals surface area contributed by atoms with Crippen molar-refractivity contribution in [3.05, 3.63) is 0 Å². The van der Waals surface area contributed by atoms with E-state index >= 15 is 0 Å². The van der Waals surface area contributed by atoms with Crippen LogP contribution < -0.4 is 0 Å². The lowest BCUT2D eigenvalue weighted by Gasteiger charge is -2.09. The molecule has 17 heavy (non-hydrogen) atoms. The number of hydrogen-bond acceptors (Lipinski definition) is 2. The molecule has 0 aliphatic heterocycles. The van der Waals surface area contributed by atoms with E-state index in [0.29, 0.717) is 6.61 Å². The lowest BCUT2D eigenvalue weighted by molar-refractivity contribution is -0.148. The van der Waals surface area contributed by atoms with E-state index in [4.69, 9.17) is 4.74 Å². The van der Waals surface area contributed by atoms with Crippen LogP contribution in [0.3, 0.4) is 0 Å². The molecule has 0 aromatic rings. The molecule has 2 heteroatoms. The minimum atomic E-state index is -0.0349. The summed E-state index contributed by atoms with van der Waals surface area (Å²) in [5.41, 5.74) is 0. The molecule has 0 aromatic heterocycles. The molecule has 0 aliphatic rings. The average molecular weight is 242 g/mol. The standard InChI is InChI=1S/C15H30O2/c1-5-14(4)15(16)17-12-10-8-6-7-9-11-13(2)3/h13-14H,5-12H2,1-4H3. The largest absolute Gasteiger partial charge is 0.465 e. The van der Waals surface area contributed by atoms with Gasteiger partial charge >= 0.3 is 5.97 Å². The molecule has 0 rings (SSSR count). The Kier molecular flexibility index (Phi) is 10.3. The van der Waals surface area contributed by atoms with Gasteiger partial charge in [-0.05, 0) is 18.8 Å². The van der Waals surface area contributed by atoms with Gasteiger partial charge in [-0.2, -0.15) is 0 Å². The van der Waals surface area contributed by atoms with E-state index in [1.807, 2.05) is 13.8 Å². The first-order valence-corrected chi connectivity index (χ1v) is 7.24. The fraction of sp³-hybridized carbons (Fsp3) is 0.933. The molecule has 0 N–H and O–H groups in total. The molecule has 0 radical (unpaired) electrons. The molecule has 102 valence electrons. The maximum Gasteiger partial charge on any atom is 0.308 e. The first-order valence-electron chi connectivity index (χ1n) is 7.24. The van der Waals surface area contributed by atoms with Crippen LogP contribution in [0.5, 0.6) is 0 Å². The summed E-state index contributed by atoms with van der Waals surface area (Å²) in [5, 5.41) is 0. The minimum Gasteiger partial charge on any atom is -0.465 e. The van der Waals surface area contributed by atoms with Crippen molar-refractivity contribution >= 4 is 5.97 Å². The monoisotopic (exact) mass is 242 g/mol. The summed E-state index contributed by atoms with van der Waals surface area (Å²) in [6.45, 7) is 9.09. The summed E-state index contributed by atoms with van der Waals surface area (Å²) in [7, 11) is 0. The summed E-state index contributed by atoms with van der Waals surface area (Å²) < 4.78 is 5.20. The lowest BCUT2D eigenvalue weighted by Crippen LogP contribution is -2.14. The molecule has 0 fully saturated rings. The van der Waals surface area contributed by atoms with Crippen molar-refractivity contribution in [2.75, 3.05) is 6.61 Å². The van der Waals surface area contributed by atoms with Gasteiger partial charge in [0, 0.05) is 0 Å².